The fourth-order valence-corrected chi connectivity index (χ4v) is 10.3. The molecule has 336 valence electrons. The van der Waals surface area contributed by atoms with E-state index in [2.05, 4.69) is 50.5 Å². The minimum atomic E-state index is -4.64. The number of amides is 1. The zero-order valence-electron chi connectivity index (χ0n) is 36.6. The van der Waals surface area contributed by atoms with Crippen molar-refractivity contribution in [3.8, 4) is 17.2 Å². The number of nitro benzene ring substituents is 1. The Labute approximate surface area is 383 Å². The number of fused-ring (bicyclic) bond motifs is 2. The molecule has 0 spiro atoms. The second-order valence-electron chi connectivity index (χ2n) is 18.2. The largest absolute Gasteiger partial charge is 0.493 e. The van der Waals surface area contributed by atoms with Gasteiger partial charge in [-0.2, -0.15) is 0 Å². The summed E-state index contributed by atoms with van der Waals surface area (Å²) in [6.07, 6.45) is 7.45. The highest BCUT2D eigenvalue weighted by Gasteiger charge is 2.33. The average molecular weight is 916 g/mol. The molecule has 2 aliphatic heterocycles. The van der Waals surface area contributed by atoms with Crippen LogP contribution in [-0.2, 0) is 22.9 Å². The van der Waals surface area contributed by atoms with Gasteiger partial charge in [0.05, 0.1) is 33.7 Å². The lowest BCUT2D eigenvalue weighted by Gasteiger charge is -2.39. The quantitative estimate of drug-likeness (QED) is 0.0894. The lowest BCUT2D eigenvalue weighted by atomic mass is 9.72. The number of piperazine rings is 1. The number of carbonyl (C=O) groups excluding carboxylic acids is 1. The second kappa shape index (κ2) is 18.0. The van der Waals surface area contributed by atoms with Crippen LogP contribution in [0.5, 0.6) is 17.2 Å². The molecule has 15 heteroatoms. The Morgan fingerprint density at radius 2 is 1.78 bits per heavy atom. The van der Waals surface area contributed by atoms with E-state index in [1.165, 1.54) is 29.0 Å². The number of allylic oxidation sites excluding steroid dienone is 1. The van der Waals surface area contributed by atoms with E-state index in [4.69, 9.17) is 21.1 Å². The van der Waals surface area contributed by atoms with E-state index in [1.54, 1.807) is 30.5 Å². The van der Waals surface area contributed by atoms with Crippen LogP contribution >= 0.6 is 11.6 Å². The van der Waals surface area contributed by atoms with Gasteiger partial charge in [0.25, 0.3) is 21.6 Å². The molecule has 0 radical (unpaired) electrons. The summed E-state index contributed by atoms with van der Waals surface area (Å²) in [7, 11) is -4.64. The maximum absolute atomic E-state index is 14.1. The van der Waals surface area contributed by atoms with Crippen LogP contribution in [0.4, 0.5) is 11.4 Å². The van der Waals surface area contributed by atoms with E-state index in [1.807, 2.05) is 49.4 Å². The average Bonchev–Trinajstić information content (AvgIpc) is 3.76. The Morgan fingerprint density at radius 1 is 1.02 bits per heavy atom. The Bertz CT molecular complexity index is 2920. The number of rotatable bonds is 12. The molecule has 3 aliphatic rings. The molecule has 1 amide bonds. The number of anilines is 1. The van der Waals surface area contributed by atoms with Gasteiger partial charge in [-0.1, -0.05) is 73.0 Å². The molecular weight excluding hydrogens is 864 g/mol. The number of aryl methyl sites for hydroxylation is 1. The molecule has 4 heterocycles. The Kier molecular flexibility index (Phi) is 12.2. The van der Waals surface area contributed by atoms with Crippen LogP contribution in [0.2, 0.25) is 5.02 Å². The fraction of sp³-hybridized carbons (Fsp3) is 0.320. The zero-order valence-corrected chi connectivity index (χ0v) is 38.2. The predicted octanol–water partition coefficient (Wildman–Crippen LogP) is 9.92. The smallest absolute Gasteiger partial charge is 0.277 e. The number of H-pyrrole nitrogens is 1. The van der Waals surface area contributed by atoms with Gasteiger partial charge in [-0.3, -0.25) is 19.8 Å². The van der Waals surface area contributed by atoms with Gasteiger partial charge in [0.1, 0.15) is 22.9 Å². The molecule has 0 unspecified atom stereocenters. The van der Waals surface area contributed by atoms with Crippen LogP contribution < -0.4 is 19.1 Å². The third-order valence-electron chi connectivity index (χ3n) is 12.8. The molecule has 1 aliphatic carbocycles. The van der Waals surface area contributed by atoms with Gasteiger partial charge in [-0.25, -0.2) is 18.1 Å². The third kappa shape index (κ3) is 9.90. The summed E-state index contributed by atoms with van der Waals surface area (Å²) < 4.78 is 42.4. The summed E-state index contributed by atoms with van der Waals surface area (Å²) >= 11 is 6.25. The number of hydrogen-bond donors (Lipinski definition) is 2. The van der Waals surface area contributed by atoms with Crippen molar-refractivity contribution in [1.29, 1.82) is 0 Å². The van der Waals surface area contributed by atoms with Crippen molar-refractivity contribution in [2.45, 2.75) is 57.8 Å². The first-order chi connectivity index (χ1) is 31.2. The van der Waals surface area contributed by atoms with Crippen molar-refractivity contribution in [3.63, 3.8) is 0 Å². The first-order valence-electron chi connectivity index (χ1n) is 21.9. The number of nitrogens with zero attached hydrogens (tertiary/aromatic N) is 4. The summed E-state index contributed by atoms with van der Waals surface area (Å²) in [5, 5.41) is 13.9. The molecule has 1 saturated heterocycles. The van der Waals surface area contributed by atoms with Crippen molar-refractivity contribution < 1.29 is 27.6 Å². The summed E-state index contributed by atoms with van der Waals surface area (Å²) in [4.78, 5) is 37.6. The topological polar surface area (TPSA) is 160 Å². The number of nitrogens with one attached hydrogen (secondary N) is 2. The number of carbonyl (C=O) groups is 1. The molecule has 0 saturated carbocycles. The summed E-state index contributed by atoms with van der Waals surface area (Å²) in [5.74, 6) is -0.442. The lowest BCUT2D eigenvalue weighted by molar-refractivity contribution is -0.386. The van der Waals surface area contributed by atoms with Crippen molar-refractivity contribution in [2.75, 3.05) is 44.2 Å². The monoisotopic (exact) mass is 914 g/mol. The molecule has 1 fully saturated rings. The predicted molar refractivity (Wildman–Crippen MR) is 253 cm³/mol. The Balaban J connectivity index is 0.942. The number of aromatic nitrogens is 2. The van der Waals surface area contributed by atoms with Gasteiger partial charge in [-0.15, -0.1) is 0 Å². The fourth-order valence-electron chi connectivity index (χ4n) is 9.22. The molecular formula is C50H51ClN6O7S. The minimum Gasteiger partial charge on any atom is -0.493 e. The van der Waals surface area contributed by atoms with E-state index in [0.717, 1.165) is 85.3 Å². The van der Waals surface area contributed by atoms with E-state index < -0.39 is 25.7 Å². The maximum Gasteiger partial charge on any atom is 0.277 e. The van der Waals surface area contributed by atoms with Crippen molar-refractivity contribution in [1.82, 2.24) is 19.6 Å². The molecule has 1 atom stereocenters. The summed E-state index contributed by atoms with van der Waals surface area (Å²) in [6, 6.07) is 27.2. The van der Waals surface area contributed by atoms with Gasteiger partial charge in [-0.05, 0) is 97.5 Å². The van der Waals surface area contributed by atoms with Crippen LogP contribution in [0.15, 0.2) is 114 Å². The van der Waals surface area contributed by atoms with E-state index in [9.17, 15) is 23.3 Å². The zero-order chi connectivity index (χ0) is 45.5. The van der Waals surface area contributed by atoms with Crippen LogP contribution in [0.25, 0.3) is 16.6 Å². The number of pyridine rings is 1. The van der Waals surface area contributed by atoms with Crippen molar-refractivity contribution in [3.05, 3.63) is 152 Å². The number of halogens is 1. The number of hydrogen-bond acceptors (Lipinski definition) is 10. The highest BCUT2D eigenvalue weighted by molar-refractivity contribution is 7.90. The van der Waals surface area contributed by atoms with Gasteiger partial charge in [0, 0.05) is 79.1 Å². The van der Waals surface area contributed by atoms with Gasteiger partial charge >= 0.3 is 0 Å². The number of benzene rings is 4. The first kappa shape index (κ1) is 44.0. The highest BCUT2D eigenvalue weighted by atomic mass is 35.5. The number of ether oxygens (including phenoxy) is 2. The number of nitro groups is 1. The lowest BCUT2D eigenvalue weighted by Crippen LogP contribution is -2.47. The molecule has 6 aromatic rings. The minimum absolute atomic E-state index is 0.0466. The number of sulfonamides is 1. The molecule has 9 rings (SSSR count). The molecule has 65 heavy (non-hydrogen) atoms. The first-order valence-corrected chi connectivity index (χ1v) is 23.8. The molecule has 4 aromatic carbocycles. The molecule has 13 nitrogen and oxygen atoms in total. The third-order valence-corrected chi connectivity index (χ3v) is 14.4. The van der Waals surface area contributed by atoms with Crippen LogP contribution in [0, 0.1) is 28.4 Å². The number of aromatic amines is 1. The van der Waals surface area contributed by atoms with Gasteiger partial charge in [0.15, 0.2) is 0 Å². The van der Waals surface area contributed by atoms with Crippen LogP contribution in [-0.4, -0.2) is 73.4 Å². The van der Waals surface area contributed by atoms with Crippen molar-refractivity contribution in [2.24, 2.45) is 11.3 Å². The van der Waals surface area contributed by atoms with E-state index in [0.29, 0.717) is 29.8 Å². The van der Waals surface area contributed by atoms with E-state index >= 15 is 0 Å². The Morgan fingerprint density at radius 3 is 2.54 bits per heavy atom. The molecule has 2 aromatic heterocycles. The summed E-state index contributed by atoms with van der Waals surface area (Å²) in [5.41, 5.74) is 7.89. The second-order valence-corrected chi connectivity index (χ2v) is 20.4. The van der Waals surface area contributed by atoms with Gasteiger partial charge < -0.3 is 19.4 Å². The standard InChI is InChI=1S/C50H51ClN6O7S/c1-32-4-6-33(7-5-32)22-34-23-43-45(57(59)60)26-41(27-46(43)63-31-34)65(61,62)54-49(58)42-13-12-39(25-47(42)64-40-24-36-15-17-52-48(36)53-29-40)56-20-18-55(19-21-56)30-37-14-16-50(2,3)28-44(37)35-8-10-38(51)11-9-35/h4-13,15,17,24-27,29,34H,14,16,18-23,28,30-31H2,1-3H3,(H,52,53)(H,54,58)/t34-/m0/s1. The molecule has 0 bridgehead atoms. The van der Waals surface area contributed by atoms with Crippen LogP contribution in [0.3, 0.4) is 0 Å². The SMILES string of the molecule is Cc1ccc(C[C@@H]2COc3cc(S(=O)(=O)NC(=O)c4ccc(N5CCN(CC6=C(c7ccc(Cl)cc7)CC(C)(C)CC6)CC5)cc4Oc4cnc5[nH]ccc5c4)cc([N+](=O)[O-])c3C2)cc1. The Hall–Kier alpha value is -6.22. The maximum atomic E-state index is 14.1. The summed E-state index contributed by atoms with van der Waals surface area (Å²) in [6.45, 7) is 10.9. The van der Waals surface area contributed by atoms with Crippen LogP contribution in [0.1, 0.15) is 65.7 Å². The van der Waals surface area contributed by atoms with E-state index in [-0.39, 0.29) is 40.7 Å². The van der Waals surface area contributed by atoms with Gasteiger partial charge in [0.2, 0.25) is 0 Å². The normalized spacial score (nSPS) is 17.7. The highest BCUT2D eigenvalue weighted by Crippen LogP contribution is 2.44. The molecule has 2 N–H and O–H groups in total. The van der Waals surface area contributed by atoms with Crippen molar-refractivity contribution >= 4 is 55.5 Å².